The molecule has 0 fully saturated rings. The van der Waals surface area contributed by atoms with E-state index in [-0.39, 0.29) is 17.4 Å². The van der Waals surface area contributed by atoms with Crippen LogP contribution in [0.25, 0.3) is 0 Å². The van der Waals surface area contributed by atoms with E-state index < -0.39 is 23.5 Å². The molecule has 1 aromatic carbocycles. The molecule has 7 heteroatoms. The summed E-state index contributed by atoms with van der Waals surface area (Å²) >= 11 is 0. The van der Waals surface area contributed by atoms with Gasteiger partial charge in [0.2, 0.25) is 5.78 Å². The highest BCUT2D eigenvalue weighted by atomic mass is 16.5. The molecule has 1 atom stereocenters. The Hall–Kier alpha value is -3.06. The van der Waals surface area contributed by atoms with Crippen LogP contribution in [-0.4, -0.2) is 59.9 Å². The molecule has 0 bridgehead atoms. The van der Waals surface area contributed by atoms with Crippen molar-refractivity contribution in [2.75, 3.05) is 27.2 Å². The number of ether oxygens (including phenoxy) is 1. The van der Waals surface area contributed by atoms with Crippen LogP contribution in [0.2, 0.25) is 0 Å². The van der Waals surface area contributed by atoms with Gasteiger partial charge in [-0.2, -0.15) is 0 Å². The summed E-state index contributed by atoms with van der Waals surface area (Å²) in [7, 11) is 3.80. The molecule has 1 aromatic heterocycles. The second-order valence-electron chi connectivity index (χ2n) is 7.51. The molecular weight excluding hydrogens is 372 g/mol. The normalized spacial score (nSPS) is 17.0. The van der Waals surface area contributed by atoms with E-state index in [4.69, 9.17) is 9.15 Å². The Balaban J connectivity index is 2.00. The summed E-state index contributed by atoms with van der Waals surface area (Å²) in [6.07, 6.45) is 1.42. The lowest BCUT2D eigenvalue weighted by molar-refractivity contribution is -0.129. The Morgan fingerprint density at radius 2 is 1.93 bits per heavy atom. The molecule has 0 radical (unpaired) electrons. The zero-order valence-electron chi connectivity index (χ0n) is 17.1. The first-order valence-corrected chi connectivity index (χ1v) is 9.53. The van der Waals surface area contributed by atoms with E-state index in [0.717, 1.165) is 0 Å². The number of likely N-dealkylation sites (N-methyl/N-ethyl adjacent to an activating group) is 1. The smallest absolute Gasteiger partial charge is 0.290 e. The maximum absolute atomic E-state index is 13.0. The Morgan fingerprint density at radius 3 is 2.48 bits per heavy atom. The molecule has 2 heterocycles. The molecule has 1 aliphatic heterocycles. The summed E-state index contributed by atoms with van der Waals surface area (Å²) in [4.78, 5) is 29.3. The van der Waals surface area contributed by atoms with E-state index in [2.05, 4.69) is 0 Å². The fourth-order valence-electron chi connectivity index (χ4n) is 3.31. The van der Waals surface area contributed by atoms with Crippen molar-refractivity contribution in [1.82, 2.24) is 9.80 Å². The van der Waals surface area contributed by atoms with Crippen LogP contribution in [0.1, 0.15) is 36.0 Å². The topological polar surface area (TPSA) is 83.2 Å². The van der Waals surface area contributed by atoms with Crippen LogP contribution in [0, 0.1) is 0 Å². The van der Waals surface area contributed by atoms with E-state index >= 15 is 0 Å². The molecule has 3 rings (SSSR count). The number of nitrogens with zero attached hydrogens (tertiary/aromatic N) is 2. The van der Waals surface area contributed by atoms with Crippen molar-refractivity contribution in [2.45, 2.75) is 26.0 Å². The highest BCUT2D eigenvalue weighted by Crippen LogP contribution is 2.39. The van der Waals surface area contributed by atoms with Crippen LogP contribution in [0.4, 0.5) is 0 Å². The monoisotopic (exact) mass is 398 g/mol. The third-order valence-electron chi connectivity index (χ3n) is 4.65. The van der Waals surface area contributed by atoms with Gasteiger partial charge < -0.3 is 24.1 Å². The number of Topliss-reactive ketones (excluding diaryl/α,β-unsaturated/α-hetero) is 1. The summed E-state index contributed by atoms with van der Waals surface area (Å²) in [5.41, 5.74) is 0.744. The van der Waals surface area contributed by atoms with Gasteiger partial charge in [0.05, 0.1) is 24.0 Å². The molecule has 0 saturated carbocycles. The molecule has 154 valence electrons. The highest BCUT2D eigenvalue weighted by molar-refractivity contribution is 6.15. The Bertz CT molecular complexity index is 898. The lowest BCUT2D eigenvalue weighted by Gasteiger charge is -2.28. The van der Waals surface area contributed by atoms with Crippen LogP contribution in [0.15, 0.2) is 58.4 Å². The van der Waals surface area contributed by atoms with E-state index in [1.807, 2.05) is 45.0 Å². The van der Waals surface area contributed by atoms with Gasteiger partial charge in [0, 0.05) is 13.1 Å². The van der Waals surface area contributed by atoms with Crippen molar-refractivity contribution in [3.63, 3.8) is 0 Å². The minimum Gasteiger partial charge on any atom is -0.503 e. The SMILES string of the molecule is CC(C)Oc1ccc(C2C(C(=O)c3ccco3)=C(O)C(=O)N2CCN(C)C)cc1. The molecule has 0 aliphatic carbocycles. The molecule has 2 aromatic rings. The lowest BCUT2D eigenvalue weighted by Crippen LogP contribution is -2.36. The van der Waals surface area contributed by atoms with Crippen LogP contribution >= 0.6 is 0 Å². The summed E-state index contributed by atoms with van der Waals surface area (Å²) in [5.74, 6) is -0.814. The van der Waals surface area contributed by atoms with E-state index in [9.17, 15) is 14.7 Å². The first-order chi connectivity index (χ1) is 13.8. The molecule has 1 unspecified atom stereocenters. The number of carbonyl (C=O) groups excluding carboxylic acids is 2. The van der Waals surface area contributed by atoms with Crippen LogP contribution < -0.4 is 4.74 Å². The number of hydrogen-bond acceptors (Lipinski definition) is 6. The van der Waals surface area contributed by atoms with Gasteiger partial charge in [0.15, 0.2) is 11.5 Å². The van der Waals surface area contributed by atoms with Crippen molar-refractivity contribution in [3.8, 4) is 5.75 Å². The van der Waals surface area contributed by atoms with Crippen LogP contribution in [0.3, 0.4) is 0 Å². The maximum Gasteiger partial charge on any atom is 0.290 e. The number of aliphatic hydroxyl groups is 1. The first kappa shape index (κ1) is 20.7. The van der Waals surface area contributed by atoms with Crippen molar-refractivity contribution in [3.05, 3.63) is 65.3 Å². The third-order valence-corrected chi connectivity index (χ3v) is 4.65. The number of aliphatic hydroxyl groups excluding tert-OH is 1. The molecule has 1 aliphatic rings. The van der Waals surface area contributed by atoms with Gasteiger partial charge in [-0.1, -0.05) is 12.1 Å². The molecule has 29 heavy (non-hydrogen) atoms. The largest absolute Gasteiger partial charge is 0.503 e. The number of rotatable bonds is 8. The van der Waals surface area contributed by atoms with Gasteiger partial charge >= 0.3 is 0 Å². The molecule has 0 saturated heterocycles. The van der Waals surface area contributed by atoms with Crippen LogP contribution in [0.5, 0.6) is 5.75 Å². The summed E-state index contributed by atoms with van der Waals surface area (Å²) in [6, 6.07) is 9.64. The van der Waals surface area contributed by atoms with E-state index in [1.165, 1.54) is 17.2 Å². The number of ketones is 1. The summed E-state index contributed by atoms with van der Waals surface area (Å²) in [6.45, 7) is 4.83. The molecule has 1 amide bonds. The van der Waals surface area contributed by atoms with Crippen molar-refractivity contribution >= 4 is 11.7 Å². The maximum atomic E-state index is 13.0. The van der Waals surface area contributed by atoms with E-state index in [0.29, 0.717) is 24.4 Å². The fraction of sp³-hybridized carbons (Fsp3) is 0.364. The molecule has 1 N–H and O–H groups in total. The van der Waals surface area contributed by atoms with Gasteiger partial charge in [-0.05, 0) is 57.8 Å². The average molecular weight is 398 g/mol. The summed E-state index contributed by atoms with van der Waals surface area (Å²) < 4.78 is 10.9. The Kier molecular flexibility index (Phi) is 6.08. The second-order valence-corrected chi connectivity index (χ2v) is 7.51. The zero-order valence-corrected chi connectivity index (χ0v) is 17.1. The molecule has 0 spiro atoms. The number of hydrogen-bond donors (Lipinski definition) is 1. The lowest BCUT2D eigenvalue weighted by atomic mass is 9.95. The van der Waals surface area contributed by atoms with Gasteiger partial charge in [0.1, 0.15) is 5.75 Å². The number of amides is 1. The first-order valence-electron chi connectivity index (χ1n) is 9.53. The summed E-state index contributed by atoms with van der Waals surface area (Å²) in [5, 5.41) is 10.6. The number of carbonyl (C=O) groups is 2. The van der Waals surface area contributed by atoms with Crippen molar-refractivity contribution < 1.29 is 23.8 Å². The Morgan fingerprint density at radius 1 is 1.24 bits per heavy atom. The van der Waals surface area contributed by atoms with Crippen molar-refractivity contribution in [1.29, 1.82) is 0 Å². The zero-order chi connectivity index (χ0) is 21.1. The fourth-order valence-corrected chi connectivity index (χ4v) is 3.31. The van der Waals surface area contributed by atoms with Gasteiger partial charge in [0.25, 0.3) is 5.91 Å². The van der Waals surface area contributed by atoms with Gasteiger partial charge in [-0.25, -0.2) is 0 Å². The van der Waals surface area contributed by atoms with Crippen LogP contribution in [-0.2, 0) is 4.79 Å². The minimum absolute atomic E-state index is 0.0289. The van der Waals surface area contributed by atoms with Gasteiger partial charge in [-0.3, -0.25) is 9.59 Å². The predicted molar refractivity (Wildman–Crippen MR) is 108 cm³/mol. The second kappa shape index (κ2) is 8.53. The molecule has 7 nitrogen and oxygen atoms in total. The van der Waals surface area contributed by atoms with E-state index in [1.54, 1.807) is 18.2 Å². The molecular formula is C22H26N2O5. The number of benzene rings is 1. The third kappa shape index (κ3) is 4.35. The van der Waals surface area contributed by atoms with Crippen molar-refractivity contribution in [2.24, 2.45) is 0 Å². The quantitative estimate of drug-likeness (QED) is 0.688. The Labute approximate surface area is 170 Å². The number of furan rings is 1. The predicted octanol–water partition coefficient (Wildman–Crippen LogP) is 3.21. The van der Waals surface area contributed by atoms with Gasteiger partial charge in [-0.15, -0.1) is 0 Å². The highest BCUT2D eigenvalue weighted by Gasteiger charge is 2.44. The average Bonchev–Trinajstić information content (AvgIpc) is 3.28. The standard InChI is InChI=1S/C22H26N2O5/c1-14(2)29-16-9-7-15(8-10-16)19-18(20(25)17-6-5-13-28-17)21(26)22(27)24(19)12-11-23(3)4/h5-10,13-14,19,26H,11-12H2,1-4H3. The minimum atomic E-state index is -0.701.